The molecule has 6 nitrogen and oxygen atoms in total. The number of carbonyl (C=O) groups is 3. The first-order valence-electron chi connectivity index (χ1n) is 4.21. The molecular formula is C9H13NO5. The minimum absolute atomic E-state index is 0.103. The van der Waals surface area contributed by atoms with E-state index in [0.29, 0.717) is 0 Å². The molecule has 0 aliphatic carbocycles. The van der Waals surface area contributed by atoms with Gasteiger partial charge in [0.2, 0.25) is 0 Å². The second-order valence-corrected chi connectivity index (χ2v) is 2.56. The summed E-state index contributed by atoms with van der Waals surface area (Å²) in [5.74, 6) is -2.51. The zero-order chi connectivity index (χ0) is 12.0. The van der Waals surface area contributed by atoms with Crippen LogP contribution in [0.25, 0.3) is 0 Å². The van der Waals surface area contributed by atoms with Crippen molar-refractivity contribution in [3.63, 3.8) is 0 Å². The van der Waals surface area contributed by atoms with E-state index in [4.69, 9.17) is 5.73 Å². The summed E-state index contributed by atoms with van der Waals surface area (Å²) in [6, 6.07) is 0. The van der Waals surface area contributed by atoms with E-state index in [2.05, 4.69) is 9.47 Å². The molecule has 0 aromatic rings. The Labute approximate surface area is 87.0 Å². The lowest BCUT2D eigenvalue weighted by Crippen LogP contribution is -2.24. The standard InChI is InChI=1S/C9H13NO5/c1-4-15-9(13)7(10)6(5(2)11)8(12)14-3/h4,10H2,1-3H3/b7-6-. The smallest absolute Gasteiger partial charge is 0.355 e. The monoisotopic (exact) mass is 215 g/mol. The molecule has 6 heteroatoms. The number of rotatable bonds is 4. The van der Waals surface area contributed by atoms with Gasteiger partial charge < -0.3 is 15.2 Å². The maximum absolute atomic E-state index is 11.1. The SMILES string of the molecule is CCOC(=O)/C(N)=C(\C(C)=O)C(=O)OC. The first-order chi connectivity index (χ1) is 6.95. The van der Waals surface area contributed by atoms with E-state index in [1.165, 1.54) is 0 Å². The van der Waals surface area contributed by atoms with Gasteiger partial charge in [0.1, 0.15) is 11.3 Å². The number of ketones is 1. The maximum atomic E-state index is 11.1. The molecule has 0 radical (unpaired) electrons. The van der Waals surface area contributed by atoms with Gasteiger partial charge in [0.25, 0.3) is 0 Å². The molecule has 0 heterocycles. The Bertz CT molecular complexity index is 318. The molecular weight excluding hydrogens is 202 g/mol. The summed E-state index contributed by atoms with van der Waals surface area (Å²) < 4.78 is 8.87. The molecule has 15 heavy (non-hydrogen) atoms. The van der Waals surface area contributed by atoms with Crippen molar-refractivity contribution in [2.75, 3.05) is 13.7 Å². The van der Waals surface area contributed by atoms with Gasteiger partial charge in [0, 0.05) is 0 Å². The molecule has 0 unspecified atom stereocenters. The molecule has 0 rings (SSSR count). The van der Waals surface area contributed by atoms with Crippen molar-refractivity contribution in [2.24, 2.45) is 5.73 Å². The number of hydrogen-bond donors (Lipinski definition) is 1. The third-order valence-electron chi connectivity index (χ3n) is 1.51. The Hall–Kier alpha value is -1.85. The van der Waals surface area contributed by atoms with Gasteiger partial charge in [-0.1, -0.05) is 0 Å². The van der Waals surface area contributed by atoms with E-state index in [0.717, 1.165) is 14.0 Å². The van der Waals surface area contributed by atoms with Crippen LogP contribution in [0, 0.1) is 0 Å². The summed E-state index contributed by atoms with van der Waals surface area (Å²) in [4.78, 5) is 33.3. The molecule has 0 aromatic carbocycles. The number of carbonyl (C=O) groups excluding carboxylic acids is 3. The van der Waals surface area contributed by atoms with Crippen molar-refractivity contribution >= 4 is 17.7 Å². The summed E-state index contributed by atoms with van der Waals surface area (Å²) in [5, 5.41) is 0. The molecule has 0 spiro atoms. The summed E-state index contributed by atoms with van der Waals surface area (Å²) in [6.07, 6.45) is 0. The molecule has 0 aliphatic heterocycles. The van der Waals surface area contributed by atoms with E-state index >= 15 is 0 Å². The number of Topliss-reactive ketones (excluding diaryl/α,β-unsaturated/α-hetero) is 1. The highest BCUT2D eigenvalue weighted by Gasteiger charge is 2.23. The van der Waals surface area contributed by atoms with Crippen LogP contribution in [0.15, 0.2) is 11.3 Å². The minimum atomic E-state index is -0.951. The van der Waals surface area contributed by atoms with Gasteiger partial charge >= 0.3 is 11.9 Å². The third kappa shape index (κ3) is 3.41. The molecule has 0 saturated carbocycles. The molecule has 0 aromatic heterocycles. The van der Waals surface area contributed by atoms with Gasteiger partial charge in [0.15, 0.2) is 5.78 Å². The van der Waals surface area contributed by atoms with Crippen molar-refractivity contribution in [1.82, 2.24) is 0 Å². The molecule has 0 atom stereocenters. The van der Waals surface area contributed by atoms with E-state index in [1.807, 2.05) is 0 Å². The fraction of sp³-hybridized carbons (Fsp3) is 0.444. The van der Waals surface area contributed by atoms with Gasteiger partial charge in [-0.3, -0.25) is 4.79 Å². The topological polar surface area (TPSA) is 95.7 Å². The van der Waals surface area contributed by atoms with Crippen LogP contribution in [0.4, 0.5) is 0 Å². The Balaban J connectivity index is 5.18. The zero-order valence-corrected chi connectivity index (χ0v) is 8.83. The van der Waals surface area contributed by atoms with E-state index in [1.54, 1.807) is 6.92 Å². The molecule has 84 valence electrons. The highest BCUT2D eigenvalue weighted by molar-refractivity contribution is 6.20. The average Bonchev–Trinajstić information content (AvgIpc) is 2.17. The van der Waals surface area contributed by atoms with Crippen molar-refractivity contribution in [2.45, 2.75) is 13.8 Å². The fourth-order valence-corrected chi connectivity index (χ4v) is 0.856. The first-order valence-corrected chi connectivity index (χ1v) is 4.21. The van der Waals surface area contributed by atoms with Crippen LogP contribution in [0.2, 0.25) is 0 Å². The van der Waals surface area contributed by atoms with Crippen molar-refractivity contribution < 1.29 is 23.9 Å². The number of hydrogen-bond acceptors (Lipinski definition) is 6. The summed E-state index contributed by atoms with van der Waals surface area (Å²) in [7, 11) is 1.09. The summed E-state index contributed by atoms with van der Waals surface area (Å²) in [6.45, 7) is 2.79. The second kappa shape index (κ2) is 5.79. The lowest BCUT2D eigenvalue weighted by Gasteiger charge is -2.06. The third-order valence-corrected chi connectivity index (χ3v) is 1.51. The van der Waals surface area contributed by atoms with Gasteiger partial charge in [-0.15, -0.1) is 0 Å². The molecule has 0 saturated heterocycles. The van der Waals surface area contributed by atoms with Crippen LogP contribution in [0.1, 0.15) is 13.8 Å². The Kier molecular flexibility index (Phi) is 5.08. The second-order valence-electron chi connectivity index (χ2n) is 2.56. The predicted octanol–water partition coefficient (Wildman–Crippen LogP) is -0.476. The van der Waals surface area contributed by atoms with Crippen molar-refractivity contribution in [3.05, 3.63) is 11.3 Å². The van der Waals surface area contributed by atoms with Gasteiger partial charge in [-0.2, -0.15) is 0 Å². The molecule has 0 bridgehead atoms. The van der Waals surface area contributed by atoms with E-state index < -0.39 is 29.0 Å². The molecule has 2 N–H and O–H groups in total. The lowest BCUT2D eigenvalue weighted by atomic mass is 10.1. The largest absolute Gasteiger partial charge is 0.465 e. The maximum Gasteiger partial charge on any atom is 0.355 e. The fourth-order valence-electron chi connectivity index (χ4n) is 0.856. The molecule has 0 aliphatic rings. The van der Waals surface area contributed by atoms with Crippen LogP contribution in [0.3, 0.4) is 0 Å². The van der Waals surface area contributed by atoms with Crippen LogP contribution in [0.5, 0.6) is 0 Å². The number of esters is 2. The lowest BCUT2D eigenvalue weighted by molar-refractivity contribution is -0.142. The normalized spacial score (nSPS) is 11.4. The molecule has 0 amide bonds. The molecule has 0 fully saturated rings. The number of ether oxygens (including phenoxy) is 2. The first kappa shape index (κ1) is 13.2. The minimum Gasteiger partial charge on any atom is -0.465 e. The quantitative estimate of drug-likeness (QED) is 0.294. The Morgan fingerprint density at radius 3 is 2.07 bits per heavy atom. The summed E-state index contributed by atoms with van der Waals surface area (Å²) >= 11 is 0. The Morgan fingerprint density at radius 1 is 1.20 bits per heavy atom. The van der Waals surface area contributed by atoms with Crippen LogP contribution in [-0.2, 0) is 23.9 Å². The predicted molar refractivity (Wildman–Crippen MR) is 50.5 cm³/mol. The van der Waals surface area contributed by atoms with E-state index in [9.17, 15) is 14.4 Å². The van der Waals surface area contributed by atoms with E-state index in [-0.39, 0.29) is 6.61 Å². The van der Waals surface area contributed by atoms with Crippen molar-refractivity contribution in [3.8, 4) is 0 Å². The van der Waals surface area contributed by atoms with Gasteiger partial charge in [0.05, 0.1) is 13.7 Å². The van der Waals surface area contributed by atoms with Crippen molar-refractivity contribution in [1.29, 1.82) is 0 Å². The average molecular weight is 215 g/mol. The zero-order valence-electron chi connectivity index (χ0n) is 8.83. The number of nitrogens with two attached hydrogens (primary N) is 1. The van der Waals surface area contributed by atoms with Gasteiger partial charge in [-0.05, 0) is 13.8 Å². The Morgan fingerprint density at radius 2 is 1.73 bits per heavy atom. The highest BCUT2D eigenvalue weighted by atomic mass is 16.5. The highest BCUT2D eigenvalue weighted by Crippen LogP contribution is 2.05. The van der Waals surface area contributed by atoms with Crippen LogP contribution in [-0.4, -0.2) is 31.4 Å². The van der Waals surface area contributed by atoms with Gasteiger partial charge in [-0.25, -0.2) is 9.59 Å². The summed E-state index contributed by atoms with van der Waals surface area (Å²) in [5.41, 5.74) is 4.29. The number of methoxy groups -OCH3 is 1. The van der Waals surface area contributed by atoms with Crippen LogP contribution >= 0.6 is 0 Å². The van der Waals surface area contributed by atoms with Crippen LogP contribution < -0.4 is 5.73 Å².